The second-order valence-electron chi connectivity index (χ2n) is 4.69. The number of hydrogen-bond acceptors (Lipinski definition) is 4. The lowest BCUT2D eigenvalue weighted by atomic mass is 10.1. The quantitative estimate of drug-likeness (QED) is 0.917. The van der Waals surface area contributed by atoms with E-state index in [4.69, 9.17) is 10.5 Å². The van der Waals surface area contributed by atoms with Crippen LogP contribution in [-0.2, 0) is 4.74 Å². The summed E-state index contributed by atoms with van der Waals surface area (Å²) in [4.78, 5) is 0. The van der Waals surface area contributed by atoms with Crippen LogP contribution in [0.4, 0.5) is 5.82 Å². The van der Waals surface area contributed by atoms with Crippen LogP contribution in [0.25, 0.3) is 11.3 Å². The molecule has 0 spiro atoms. The van der Waals surface area contributed by atoms with Crippen molar-refractivity contribution in [3.05, 3.63) is 34.3 Å². The maximum atomic E-state index is 9.35. The van der Waals surface area contributed by atoms with Gasteiger partial charge in [-0.3, -0.25) is 0 Å². The molecule has 0 amide bonds. The van der Waals surface area contributed by atoms with Crippen LogP contribution in [0.15, 0.2) is 28.7 Å². The summed E-state index contributed by atoms with van der Waals surface area (Å²) in [5.74, 6) is 0.418. The third-order valence-corrected chi connectivity index (χ3v) is 3.96. The first-order chi connectivity index (χ1) is 9.70. The van der Waals surface area contributed by atoms with Crippen LogP contribution in [0.3, 0.4) is 0 Å². The highest BCUT2D eigenvalue weighted by molar-refractivity contribution is 9.10. The molecule has 0 saturated carbocycles. The van der Waals surface area contributed by atoms with Gasteiger partial charge in [-0.1, -0.05) is 28.1 Å². The van der Waals surface area contributed by atoms with E-state index < -0.39 is 0 Å². The molecule has 20 heavy (non-hydrogen) atoms. The van der Waals surface area contributed by atoms with Gasteiger partial charge in [-0.15, -0.1) is 0 Å². The van der Waals surface area contributed by atoms with Crippen molar-refractivity contribution in [3.8, 4) is 17.3 Å². The number of anilines is 1. The van der Waals surface area contributed by atoms with Gasteiger partial charge in [0.1, 0.15) is 23.1 Å². The molecule has 6 heteroatoms. The summed E-state index contributed by atoms with van der Waals surface area (Å²) in [5, 5.41) is 13.9. The fourth-order valence-electron chi connectivity index (χ4n) is 2.36. The summed E-state index contributed by atoms with van der Waals surface area (Å²) in [6.45, 7) is 1.30. The number of hydrogen-bond donors (Lipinski definition) is 1. The second kappa shape index (κ2) is 5.27. The number of rotatable bonds is 2. The average molecular weight is 333 g/mol. The third-order valence-electron chi connectivity index (χ3n) is 3.43. The number of benzene rings is 1. The Bertz CT molecular complexity index is 666. The number of ether oxygens (including phenoxy) is 1. The SMILES string of the molecule is N#Cc1c(-c2ccc(Br)cc2)nn([C@H]2CCOC2)c1N. The molecule has 1 fully saturated rings. The van der Waals surface area contributed by atoms with Crippen molar-refractivity contribution in [2.24, 2.45) is 0 Å². The smallest absolute Gasteiger partial charge is 0.140 e. The molecular formula is C14H13BrN4O. The number of halogens is 1. The fourth-order valence-corrected chi connectivity index (χ4v) is 2.63. The maximum absolute atomic E-state index is 9.35. The summed E-state index contributed by atoms with van der Waals surface area (Å²) < 4.78 is 8.07. The monoisotopic (exact) mass is 332 g/mol. The van der Waals surface area contributed by atoms with E-state index in [1.165, 1.54) is 0 Å². The molecule has 5 nitrogen and oxygen atoms in total. The zero-order valence-electron chi connectivity index (χ0n) is 10.7. The lowest BCUT2D eigenvalue weighted by molar-refractivity contribution is 0.185. The molecule has 1 atom stereocenters. The van der Waals surface area contributed by atoms with Crippen molar-refractivity contribution in [3.63, 3.8) is 0 Å². The van der Waals surface area contributed by atoms with Gasteiger partial charge in [0.05, 0.1) is 12.6 Å². The van der Waals surface area contributed by atoms with E-state index in [0.717, 1.165) is 16.5 Å². The average Bonchev–Trinajstić information content (AvgIpc) is 3.07. The molecule has 0 aliphatic carbocycles. The van der Waals surface area contributed by atoms with E-state index in [1.54, 1.807) is 4.68 Å². The van der Waals surface area contributed by atoms with Gasteiger partial charge in [0.2, 0.25) is 0 Å². The van der Waals surface area contributed by atoms with E-state index in [1.807, 2.05) is 24.3 Å². The van der Waals surface area contributed by atoms with Gasteiger partial charge in [0, 0.05) is 16.6 Å². The number of aromatic nitrogens is 2. The van der Waals surface area contributed by atoms with Crippen molar-refractivity contribution in [2.45, 2.75) is 12.5 Å². The summed E-state index contributed by atoms with van der Waals surface area (Å²) in [6.07, 6.45) is 0.872. The Morgan fingerprint density at radius 1 is 1.40 bits per heavy atom. The Morgan fingerprint density at radius 3 is 2.75 bits per heavy atom. The maximum Gasteiger partial charge on any atom is 0.140 e. The number of nitriles is 1. The van der Waals surface area contributed by atoms with Crippen molar-refractivity contribution in [2.75, 3.05) is 18.9 Å². The van der Waals surface area contributed by atoms with Crippen LogP contribution in [-0.4, -0.2) is 23.0 Å². The van der Waals surface area contributed by atoms with E-state index in [9.17, 15) is 5.26 Å². The molecule has 2 N–H and O–H groups in total. The van der Waals surface area contributed by atoms with Gasteiger partial charge in [0.15, 0.2) is 0 Å². The first-order valence-corrected chi connectivity index (χ1v) is 7.11. The number of nitrogens with zero attached hydrogens (tertiary/aromatic N) is 3. The highest BCUT2D eigenvalue weighted by Gasteiger charge is 2.25. The molecule has 1 saturated heterocycles. The molecule has 3 rings (SSSR count). The molecule has 0 unspecified atom stereocenters. The zero-order valence-corrected chi connectivity index (χ0v) is 12.3. The largest absolute Gasteiger partial charge is 0.383 e. The van der Waals surface area contributed by atoms with Gasteiger partial charge in [0.25, 0.3) is 0 Å². The fraction of sp³-hybridized carbons (Fsp3) is 0.286. The standard InChI is InChI=1S/C14H13BrN4O/c15-10-3-1-9(2-4-10)13-12(7-16)14(17)19(18-13)11-5-6-20-8-11/h1-4,11H,5-6,8,17H2/t11-/m0/s1. The van der Waals surface area contributed by atoms with Crippen LogP contribution in [0.2, 0.25) is 0 Å². The minimum absolute atomic E-state index is 0.117. The molecule has 1 aromatic heterocycles. The molecule has 2 heterocycles. The van der Waals surface area contributed by atoms with Gasteiger partial charge < -0.3 is 10.5 Å². The zero-order chi connectivity index (χ0) is 14.1. The summed E-state index contributed by atoms with van der Waals surface area (Å²) in [7, 11) is 0. The molecule has 1 aromatic carbocycles. The van der Waals surface area contributed by atoms with Crippen molar-refractivity contribution >= 4 is 21.7 Å². The predicted octanol–water partition coefficient (Wildman–Crippen LogP) is 2.73. The Hall–Kier alpha value is -1.84. The van der Waals surface area contributed by atoms with Gasteiger partial charge in [-0.2, -0.15) is 10.4 Å². The van der Waals surface area contributed by atoms with Crippen LogP contribution >= 0.6 is 15.9 Å². The Balaban J connectivity index is 2.09. The topological polar surface area (TPSA) is 76.9 Å². The summed E-state index contributed by atoms with van der Waals surface area (Å²) in [6, 6.07) is 9.96. The molecule has 2 aromatic rings. The van der Waals surface area contributed by atoms with Crippen LogP contribution in [0.5, 0.6) is 0 Å². The van der Waals surface area contributed by atoms with Gasteiger partial charge >= 0.3 is 0 Å². The highest BCUT2D eigenvalue weighted by atomic mass is 79.9. The van der Waals surface area contributed by atoms with Crippen molar-refractivity contribution in [1.29, 1.82) is 5.26 Å². The van der Waals surface area contributed by atoms with Crippen LogP contribution in [0, 0.1) is 11.3 Å². The molecule has 0 bridgehead atoms. The summed E-state index contributed by atoms with van der Waals surface area (Å²) in [5.41, 5.74) is 8.02. The van der Waals surface area contributed by atoms with Gasteiger partial charge in [-0.25, -0.2) is 4.68 Å². The van der Waals surface area contributed by atoms with E-state index in [2.05, 4.69) is 27.1 Å². The minimum Gasteiger partial charge on any atom is -0.383 e. The minimum atomic E-state index is 0.117. The van der Waals surface area contributed by atoms with E-state index in [0.29, 0.717) is 30.3 Å². The third kappa shape index (κ3) is 2.19. The first kappa shape index (κ1) is 13.2. The second-order valence-corrected chi connectivity index (χ2v) is 5.61. The number of nitrogen functional groups attached to an aromatic ring is 1. The molecule has 1 aliphatic heterocycles. The predicted molar refractivity (Wildman–Crippen MR) is 79.0 cm³/mol. The lowest BCUT2D eigenvalue weighted by Crippen LogP contribution is -2.13. The van der Waals surface area contributed by atoms with Crippen molar-refractivity contribution < 1.29 is 4.74 Å². The first-order valence-electron chi connectivity index (χ1n) is 6.32. The lowest BCUT2D eigenvalue weighted by Gasteiger charge is -2.09. The normalized spacial score (nSPS) is 18.1. The molecular weight excluding hydrogens is 320 g/mol. The summed E-state index contributed by atoms with van der Waals surface area (Å²) >= 11 is 3.40. The van der Waals surface area contributed by atoms with Crippen molar-refractivity contribution in [1.82, 2.24) is 9.78 Å². The molecule has 1 aliphatic rings. The molecule has 102 valence electrons. The van der Waals surface area contributed by atoms with Crippen LogP contribution < -0.4 is 5.73 Å². The highest BCUT2D eigenvalue weighted by Crippen LogP contribution is 2.31. The van der Waals surface area contributed by atoms with E-state index in [-0.39, 0.29) is 6.04 Å². The van der Waals surface area contributed by atoms with Crippen LogP contribution in [0.1, 0.15) is 18.0 Å². The van der Waals surface area contributed by atoms with E-state index >= 15 is 0 Å². The number of nitrogens with two attached hydrogens (primary N) is 1. The Kier molecular flexibility index (Phi) is 3.47. The Labute approximate surface area is 125 Å². The Morgan fingerprint density at radius 2 is 2.15 bits per heavy atom. The molecule has 0 radical (unpaired) electrons. The van der Waals surface area contributed by atoms with Gasteiger partial charge in [-0.05, 0) is 18.6 Å².